The molecule has 1 aromatic heterocycles. The van der Waals surface area contributed by atoms with E-state index >= 15 is 0 Å². The average molecular weight is 323 g/mol. The molecule has 0 radical (unpaired) electrons. The molecule has 5 nitrogen and oxygen atoms in total. The highest BCUT2D eigenvalue weighted by atomic mass is 32.2. The quantitative estimate of drug-likeness (QED) is 0.762. The summed E-state index contributed by atoms with van der Waals surface area (Å²) < 4.78 is 5.56. The summed E-state index contributed by atoms with van der Waals surface area (Å²) in [6, 6.07) is 9.61. The van der Waals surface area contributed by atoms with Crippen LogP contribution in [0, 0.1) is 0 Å². The number of amides is 1. The van der Waals surface area contributed by atoms with E-state index in [9.17, 15) is 4.79 Å². The van der Waals surface area contributed by atoms with Crippen LogP contribution in [0.5, 0.6) is 0 Å². The molecule has 0 aliphatic heterocycles. The monoisotopic (exact) mass is 323 g/mol. The molecule has 0 aliphatic rings. The van der Waals surface area contributed by atoms with E-state index in [1.54, 1.807) is 30.8 Å². The van der Waals surface area contributed by atoms with Crippen LogP contribution in [0.25, 0.3) is 0 Å². The zero-order valence-corrected chi connectivity index (χ0v) is 13.8. The lowest BCUT2D eigenvalue weighted by atomic mass is 10.1. The first-order valence-corrected chi connectivity index (χ1v) is 8.63. The van der Waals surface area contributed by atoms with Crippen LogP contribution in [-0.2, 0) is 10.5 Å². The summed E-state index contributed by atoms with van der Waals surface area (Å²) in [5.74, 6) is 1.25. The van der Waals surface area contributed by atoms with Crippen LogP contribution in [-0.4, -0.2) is 41.4 Å². The zero-order valence-electron chi connectivity index (χ0n) is 12.1. The standard InChI is InChI=1S/C14H17N3O2S2/c1-17(2)13(18)12(10-7-5-4-6-8-10)21-14-16-15-11(19-14)9-20-3/h4-8,12H,9H2,1-3H3. The van der Waals surface area contributed by atoms with Gasteiger partial charge in [0.2, 0.25) is 11.8 Å². The normalized spacial score (nSPS) is 12.1. The zero-order chi connectivity index (χ0) is 15.2. The Hall–Kier alpha value is -1.47. The molecule has 2 rings (SSSR count). The molecule has 0 saturated heterocycles. The van der Waals surface area contributed by atoms with E-state index in [2.05, 4.69) is 10.2 Å². The Morgan fingerprint density at radius 1 is 1.29 bits per heavy atom. The molecule has 0 saturated carbocycles. The molecule has 21 heavy (non-hydrogen) atoms. The van der Waals surface area contributed by atoms with Crippen molar-refractivity contribution in [3.05, 3.63) is 41.8 Å². The van der Waals surface area contributed by atoms with Crippen molar-refractivity contribution in [1.29, 1.82) is 0 Å². The van der Waals surface area contributed by atoms with Gasteiger partial charge in [-0.25, -0.2) is 0 Å². The van der Waals surface area contributed by atoms with E-state index in [1.165, 1.54) is 11.8 Å². The predicted molar refractivity (Wildman–Crippen MR) is 85.3 cm³/mol. The van der Waals surface area contributed by atoms with Crippen molar-refractivity contribution in [2.75, 3.05) is 20.4 Å². The number of rotatable bonds is 6. The molecule has 112 valence electrons. The molecule has 0 spiro atoms. The van der Waals surface area contributed by atoms with Crippen molar-refractivity contribution in [3.8, 4) is 0 Å². The van der Waals surface area contributed by atoms with Gasteiger partial charge in [-0.15, -0.1) is 10.2 Å². The molecule has 0 bridgehead atoms. The van der Waals surface area contributed by atoms with Gasteiger partial charge in [0.15, 0.2) is 0 Å². The third-order valence-electron chi connectivity index (χ3n) is 2.70. The maximum Gasteiger partial charge on any atom is 0.277 e. The number of aromatic nitrogens is 2. The Balaban J connectivity index is 2.21. The summed E-state index contributed by atoms with van der Waals surface area (Å²) >= 11 is 2.90. The van der Waals surface area contributed by atoms with Crippen LogP contribution in [0.3, 0.4) is 0 Å². The van der Waals surface area contributed by atoms with Gasteiger partial charge in [-0.3, -0.25) is 4.79 Å². The fourth-order valence-corrected chi connectivity index (χ4v) is 3.09. The van der Waals surface area contributed by atoms with E-state index < -0.39 is 0 Å². The highest BCUT2D eigenvalue weighted by Gasteiger charge is 2.26. The van der Waals surface area contributed by atoms with Crippen molar-refractivity contribution in [1.82, 2.24) is 15.1 Å². The Kier molecular flexibility index (Phi) is 5.69. The lowest BCUT2D eigenvalue weighted by molar-refractivity contribution is -0.128. The van der Waals surface area contributed by atoms with Gasteiger partial charge in [-0.1, -0.05) is 30.3 Å². The highest BCUT2D eigenvalue weighted by Crippen LogP contribution is 2.35. The maximum atomic E-state index is 12.4. The number of hydrogen-bond acceptors (Lipinski definition) is 6. The topological polar surface area (TPSA) is 59.2 Å². The predicted octanol–water partition coefficient (Wildman–Crippen LogP) is 2.85. The second kappa shape index (κ2) is 7.51. The third kappa shape index (κ3) is 4.25. The number of carbonyl (C=O) groups is 1. The number of nitrogens with zero attached hydrogens (tertiary/aromatic N) is 3. The van der Waals surface area contributed by atoms with E-state index in [4.69, 9.17) is 4.42 Å². The fraction of sp³-hybridized carbons (Fsp3) is 0.357. The SMILES string of the molecule is CSCc1nnc(SC(C(=O)N(C)C)c2ccccc2)o1. The largest absolute Gasteiger partial charge is 0.415 e. The van der Waals surface area contributed by atoms with E-state index in [0.29, 0.717) is 16.9 Å². The molecule has 7 heteroatoms. The Bertz CT molecular complexity index is 587. The Labute approximate surface area is 132 Å². The molecule has 0 fully saturated rings. The van der Waals surface area contributed by atoms with Crippen molar-refractivity contribution in [2.45, 2.75) is 16.2 Å². The van der Waals surface area contributed by atoms with Gasteiger partial charge >= 0.3 is 0 Å². The fourth-order valence-electron chi connectivity index (χ4n) is 1.69. The summed E-state index contributed by atoms with van der Waals surface area (Å²) in [4.78, 5) is 14.0. The van der Waals surface area contributed by atoms with Gasteiger partial charge in [0.25, 0.3) is 5.22 Å². The first-order chi connectivity index (χ1) is 10.1. The first kappa shape index (κ1) is 15.9. The third-order valence-corrected chi connectivity index (χ3v) is 4.31. The molecular formula is C14H17N3O2S2. The van der Waals surface area contributed by atoms with Gasteiger partial charge in [0.1, 0.15) is 5.25 Å². The smallest absolute Gasteiger partial charge is 0.277 e. The second-order valence-electron chi connectivity index (χ2n) is 4.54. The Morgan fingerprint density at radius 3 is 2.62 bits per heavy atom. The van der Waals surface area contributed by atoms with Crippen LogP contribution >= 0.6 is 23.5 Å². The number of carbonyl (C=O) groups excluding carboxylic acids is 1. The van der Waals surface area contributed by atoms with Crippen LogP contribution in [0.2, 0.25) is 0 Å². The van der Waals surface area contributed by atoms with Crippen molar-refractivity contribution < 1.29 is 9.21 Å². The average Bonchev–Trinajstić information content (AvgIpc) is 2.93. The first-order valence-electron chi connectivity index (χ1n) is 6.36. The summed E-state index contributed by atoms with van der Waals surface area (Å²) in [5.41, 5.74) is 0.922. The van der Waals surface area contributed by atoms with Gasteiger partial charge in [0, 0.05) is 14.1 Å². The number of hydrogen-bond donors (Lipinski definition) is 0. The minimum Gasteiger partial charge on any atom is -0.415 e. The molecular weight excluding hydrogens is 306 g/mol. The number of likely N-dealkylation sites (N-methyl/N-ethyl adjacent to an activating group) is 1. The summed E-state index contributed by atoms with van der Waals surface area (Å²) in [6.45, 7) is 0. The van der Waals surface area contributed by atoms with Gasteiger partial charge in [-0.05, 0) is 23.6 Å². The number of thioether (sulfide) groups is 2. The molecule has 1 atom stereocenters. The van der Waals surface area contributed by atoms with Crippen LogP contribution in [0.1, 0.15) is 16.7 Å². The van der Waals surface area contributed by atoms with Crippen molar-refractivity contribution in [2.24, 2.45) is 0 Å². The minimum absolute atomic E-state index is 0.00387. The van der Waals surface area contributed by atoms with E-state index in [1.807, 2.05) is 36.6 Å². The summed E-state index contributed by atoms with van der Waals surface area (Å²) in [5, 5.41) is 8.01. The molecule has 1 heterocycles. The molecule has 2 aromatic rings. The van der Waals surface area contributed by atoms with Crippen LogP contribution in [0.15, 0.2) is 40.0 Å². The molecule has 0 N–H and O–H groups in total. The van der Waals surface area contributed by atoms with Crippen molar-refractivity contribution in [3.63, 3.8) is 0 Å². The van der Waals surface area contributed by atoms with E-state index in [0.717, 1.165) is 5.56 Å². The van der Waals surface area contributed by atoms with Gasteiger partial charge < -0.3 is 9.32 Å². The summed E-state index contributed by atoms with van der Waals surface area (Å²) in [7, 11) is 3.48. The molecule has 0 aliphatic carbocycles. The van der Waals surface area contributed by atoms with Gasteiger partial charge in [0.05, 0.1) is 5.75 Å². The lowest BCUT2D eigenvalue weighted by Gasteiger charge is -2.18. The summed E-state index contributed by atoms with van der Waals surface area (Å²) in [6.07, 6.45) is 1.97. The van der Waals surface area contributed by atoms with Gasteiger partial charge in [-0.2, -0.15) is 11.8 Å². The lowest BCUT2D eigenvalue weighted by Crippen LogP contribution is -2.26. The Morgan fingerprint density at radius 2 is 2.00 bits per heavy atom. The molecule has 1 aromatic carbocycles. The molecule has 1 amide bonds. The second-order valence-corrected chi connectivity index (χ2v) is 6.46. The number of benzene rings is 1. The van der Waals surface area contributed by atoms with Crippen LogP contribution in [0.4, 0.5) is 0 Å². The minimum atomic E-state index is -0.385. The van der Waals surface area contributed by atoms with Crippen LogP contribution < -0.4 is 0 Å². The maximum absolute atomic E-state index is 12.4. The van der Waals surface area contributed by atoms with Crippen molar-refractivity contribution >= 4 is 29.4 Å². The highest BCUT2D eigenvalue weighted by molar-refractivity contribution is 8.00. The molecule has 1 unspecified atom stereocenters. The van der Waals surface area contributed by atoms with E-state index in [-0.39, 0.29) is 11.2 Å².